The van der Waals surface area contributed by atoms with Gasteiger partial charge in [-0.2, -0.15) is 0 Å². The third kappa shape index (κ3) is 1.82. The predicted molar refractivity (Wildman–Crippen MR) is 66.0 cm³/mol. The maximum absolute atomic E-state index is 12.5. The number of rotatable bonds is 1. The monoisotopic (exact) mass is 247 g/mol. The molecule has 4 nitrogen and oxygen atoms in total. The van der Waals surface area contributed by atoms with Crippen LogP contribution in [-0.4, -0.2) is 40.9 Å². The molecule has 1 amide bonds. The van der Waals surface area contributed by atoms with Gasteiger partial charge in [-0.1, -0.05) is 18.2 Å². The van der Waals surface area contributed by atoms with Crippen molar-refractivity contribution in [2.24, 2.45) is 0 Å². The van der Waals surface area contributed by atoms with Crippen LogP contribution in [0.25, 0.3) is 0 Å². The van der Waals surface area contributed by atoms with Gasteiger partial charge in [-0.3, -0.25) is 4.79 Å². The van der Waals surface area contributed by atoms with Gasteiger partial charge in [-0.15, -0.1) is 0 Å². The highest BCUT2D eigenvalue weighted by atomic mass is 16.5. The first-order valence-electron chi connectivity index (χ1n) is 6.40. The molecule has 1 N–H and O–H groups in total. The highest BCUT2D eigenvalue weighted by Crippen LogP contribution is 2.40. The van der Waals surface area contributed by atoms with Gasteiger partial charge in [0.05, 0.1) is 12.7 Å². The molecule has 0 bridgehead atoms. The molecule has 2 fully saturated rings. The van der Waals surface area contributed by atoms with Gasteiger partial charge in [0.2, 0.25) is 0 Å². The smallest absolute Gasteiger partial charge is 0.256 e. The molecule has 4 heteroatoms. The van der Waals surface area contributed by atoms with Crippen LogP contribution < -0.4 is 0 Å². The van der Waals surface area contributed by atoms with E-state index in [1.165, 1.54) is 0 Å². The molecule has 1 aliphatic heterocycles. The van der Waals surface area contributed by atoms with Gasteiger partial charge < -0.3 is 14.7 Å². The summed E-state index contributed by atoms with van der Waals surface area (Å²) in [5.74, 6) is 0.00204. The minimum Gasteiger partial charge on any atom is -0.393 e. The van der Waals surface area contributed by atoms with E-state index >= 15 is 0 Å². The zero-order valence-corrected chi connectivity index (χ0v) is 10.2. The number of hydrogen-bond acceptors (Lipinski definition) is 3. The van der Waals surface area contributed by atoms with Crippen LogP contribution in [-0.2, 0) is 4.74 Å². The maximum atomic E-state index is 12.5. The van der Waals surface area contributed by atoms with Crippen LogP contribution in [0.15, 0.2) is 30.3 Å². The fraction of sp³-hybridized carbons (Fsp3) is 0.500. The van der Waals surface area contributed by atoms with E-state index in [2.05, 4.69) is 0 Å². The fourth-order valence-electron chi connectivity index (χ4n) is 2.97. The third-order valence-corrected chi connectivity index (χ3v) is 3.87. The van der Waals surface area contributed by atoms with E-state index in [0.29, 0.717) is 31.6 Å². The largest absolute Gasteiger partial charge is 0.393 e. The molecule has 96 valence electrons. The number of amides is 1. The van der Waals surface area contributed by atoms with Crippen LogP contribution in [0.4, 0.5) is 0 Å². The molecule has 1 saturated carbocycles. The Labute approximate surface area is 106 Å². The standard InChI is InChI=1S/C14H17NO3/c16-12-6-7-14(10-12)15(8-9-18-14)13(17)11-4-2-1-3-5-11/h1-5,12,16H,6-10H2. The molecule has 1 spiro atoms. The van der Waals surface area contributed by atoms with Gasteiger partial charge in [0, 0.05) is 18.5 Å². The van der Waals surface area contributed by atoms with Crippen molar-refractivity contribution in [3.63, 3.8) is 0 Å². The number of carbonyl (C=O) groups excluding carboxylic acids is 1. The second kappa shape index (κ2) is 4.37. The summed E-state index contributed by atoms with van der Waals surface area (Å²) in [6.07, 6.45) is 1.62. The molecule has 1 aromatic rings. The zero-order chi connectivity index (χ0) is 12.6. The van der Waals surface area contributed by atoms with Gasteiger partial charge >= 0.3 is 0 Å². The Kier molecular flexibility index (Phi) is 2.84. The van der Waals surface area contributed by atoms with E-state index in [0.717, 1.165) is 6.42 Å². The zero-order valence-electron chi connectivity index (χ0n) is 10.2. The normalized spacial score (nSPS) is 31.2. The first kappa shape index (κ1) is 11.7. The molecule has 1 heterocycles. The Bertz CT molecular complexity index is 448. The second-order valence-corrected chi connectivity index (χ2v) is 5.01. The van der Waals surface area contributed by atoms with Crippen molar-refractivity contribution in [3.05, 3.63) is 35.9 Å². The van der Waals surface area contributed by atoms with E-state index in [9.17, 15) is 9.90 Å². The van der Waals surface area contributed by atoms with E-state index < -0.39 is 5.72 Å². The predicted octanol–water partition coefficient (Wildman–Crippen LogP) is 1.40. The number of carbonyl (C=O) groups is 1. The van der Waals surface area contributed by atoms with Crippen molar-refractivity contribution in [1.82, 2.24) is 4.90 Å². The van der Waals surface area contributed by atoms with Crippen LogP contribution in [0.1, 0.15) is 29.6 Å². The van der Waals surface area contributed by atoms with Crippen LogP contribution in [0.2, 0.25) is 0 Å². The van der Waals surface area contributed by atoms with E-state index in [1.54, 1.807) is 4.90 Å². The van der Waals surface area contributed by atoms with Gasteiger partial charge in [0.1, 0.15) is 5.72 Å². The van der Waals surface area contributed by atoms with Gasteiger partial charge in [-0.05, 0) is 25.0 Å². The molecule has 0 radical (unpaired) electrons. The van der Waals surface area contributed by atoms with Crippen molar-refractivity contribution in [2.75, 3.05) is 13.2 Å². The van der Waals surface area contributed by atoms with E-state index in [4.69, 9.17) is 4.74 Å². The maximum Gasteiger partial charge on any atom is 0.256 e. The van der Waals surface area contributed by atoms with Crippen molar-refractivity contribution in [3.8, 4) is 0 Å². The molecular weight excluding hydrogens is 230 g/mol. The first-order chi connectivity index (χ1) is 8.71. The number of aliphatic hydroxyl groups excluding tert-OH is 1. The molecule has 1 aromatic carbocycles. The second-order valence-electron chi connectivity index (χ2n) is 5.01. The van der Waals surface area contributed by atoms with Crippen molar-refractivity contribution in [2.45, 2.75) is 31.1 Å². The Hall–Kier alpha value is -1.39. The highest BCUT2D eigenvalue weighted by Gasteiger charge is 2.49. The van der Waals surface area contributed by atoms with Gasteiger partial charge in [-0.25, -0.2) is 0 Å². The molecule has 0 aromatic heterocycles. The number of ether oxygens (including phenoxy) is 1. The van der Waals surface area contributed by atoms with Crippen LogP contribution in [0.5, 0.6) is 0 Å². The quantitative estimate of drug-likeness (QED) is 0.816. The molecule has 18 heavy (non-hydrogen) atoms. The molecule has 1 aliphatic carbocycles. The van der Waals surface area contributed by atoms with Crippen LogP contribution >= 0.6 is 0 Å². The first-order valence-corrected chi connectivity index (χ1v) is 6.40. The fourth-order valence-corrected chi connectivity index (χ4v) is 2.97. The molecule has 2 unspecified atom stereocenters. The van der Waals surface area contributed by atoms with Gasteiger partial charge in [0.15, 0.2) is 0 Å². The Balaban J connectivity index is 1.86. The number of hydrogen-bond donors (Lipinski definition) is 1. The lowest BCUT2D eigenvalue weighted by atomic mass is 10.1. The van der Waals surface area contributed by atoms with Gasteiger partial charge in [0.25, 0.3) is 5.91 Å². The lowest BCUT2D eigenvalue weighted by molar-refractivity contribution is -0.0688. The molecule has 2 atom stereocenters. The molecule has 1 saturated heterocycles. The molecule has 2 aliphatic rings. The average molecular weight is 247 g/mol. The van der Waals surface area contributed by atoms with Crippen LogP contribution in [0.3, 0.4) is 0 Å². The summed E-state index contributed by atoms with van der Waals surface area (Å²) in [6, 6.07) is 9.26. The molecular formula is C14H17NO3. The van der Waals surface area contributed by atoms with Crippen molar-refractivity contribution >= 4 is 5.91 Å². The lowest BCUT2D eigenvalue weighted by Gasteiger charge is -2.33. The lowest BCUT2D eigenvalue weighted by Crippen LogP contribution is -2.46. The summed E-state index contributed by atoms with van der Waals surface area (Å²) in [6.45, 7) is 1.17. The summed E-state index contributed by atoms with van der Waals surface area (Å²) >= 11 is 0. The Morgan fingerprint density at radius 1 is 1.39 bits per heavy atom. The average Bonchev–Trinajstić information content (AvgIpc) is 2.97. The topological polar surface area (TPSA) is 49.8 Å². The Morgan fingerprint density at radius 3 is 2.83 bits per heavy atom. The van der Waals surface area contributed by atoms with Crippen molar-refractivity contribution in [1.29, 1.82) is 0 Å². The van der Waals surface area contributed by atoms with Crippen molar-refractivity contribution < 1.29 is 14.6 Å². The number of benzene rings is 1. The third-order valence-electron chi connectivity index (χ3n) is 3.87. The minimum atomic E-state index is -0.563. The van der Waals surface area contributed by atoms with E-state index in [1.807, 2.05) is 30.3 Å². The number of aliphatic hydroxyl groups is 1. The molecule has 3 rings (SSSR count). The SMILES string of the molecule is O=C(c1ccccc1)N1CCOC12CCC(O)C2. The summed E-state index contributed by atoms with van der Waals surface area (Å²) in [4.78, 5) is 14.3. The summed E-state index contributed by atoms with van der Waals surface area (Å²) in [5, 5.41) is 9.71. The highest BCUT2D eigenvalue weighted by molar-refractivity contribution is 5.94. The van der Waals surface area contributed by atoms with E-state index in [-0.39, 0.29) is 12.0 Å². The number of nitrogens with zero attached hydrogens (tertiary/aromatic N) is 1. The summed E-state index contributed by atoms with van der Waals surface area (Å²) in [7, 11) is 0. The minimum absolute atomic E-state index is 0.00204. The Morgan fingerprint density at radius 2 is 2.17 bits per heavy atom. The van der Waals surface area contributed by atoms with Crippen LogP contribution in [0, 0.1) is 0 Å². The summed E-state index contributed by atoms with van der Waals surface area (Å²) in [5.41, 5.74) is 0.121. The summed E-state index contributed by atoms with van der Waals surface area (Å²) < 4.78 is 5.77.